The quantitative estimate of drug-likeness (QED) is 0.152. The Labute approximate surface area is 309 Å². The second-order valence-electron chi connectivity index (χ2n) is 13.6. The van der Waals surface area contributed by atoms with Gasteiger partial charge in [-0.3, -0.25) is 0 Å². The van der Waals surface area contributed by atoms with E-state index in [1.165, 1.54) is 21.5 Å². The average molecular weight is 933 g/mol. The molecule has 0 saturated carbocycles. The molecule has 0 spiro atoms. The fourth-order valence-electron chi connectivity index (χ4n) is 5.75. The van der Waals surface area contributed by atoms with Gasteiger partial charge in [0.2, 0.25) is 0 Å². The van der Waals surface area contributed by atoms with Gasteiger partial charge in [-0.15, -0.1) is 0 Å². The number of hydrogen-bond acceptors (Lipinski definition) is 0. The van der Waals surface area contributed by atoms with Crippen molar-refractivity contribution in [2.24, 2.45) is 0 Å². The molecule has 0 aromatic heterocycles. The molecule has 0 fully saturated rings. The summed E-state index contributed by atoms with van der Waals surface area (Å²) in [5.41, 5.74) is 0. The van der Waals surface area contributed by atoms with Crippen LogP contribution in [0.3, 0.4) is 0 Å². The van der Waals surface area contributed by atoms with Gasteiger partial charge in [-0.25, -0.2) is 0 Å². The van der Waals surface area contributed by atoms with E-state index in [0.717, 1.165) is 0 Å². The molecule has 236 valence electrons. The molecule has 0 aliphatic carbocycles. The van der Waals surface area contributed by atoms with Crippen molar-refractivity contribution >= 4 is 82.1 Å². The van der Waals surface area contributed by atoms with E-state index in [0.29, 0.717) is 6.86 Å². The molecule has 0 N–H and O–H groups in total. The van der Waals surface area contributed by atoms with Crippen LogP contribution < -0.4 is 21.5 Å². The van der Waals surface area contributed by atoms with E-state index in [1.54, 1.807) is 0 Å². The summed E-state index contributed by atoms with van der Waals surface area (Å²) in [4.78, 5) is 0. The van der Waals surface area contributed by atoms with Crippen molar-refractivity contribution in [2.45, 2.75) is 48.4 Å². The van der Waals surface area contributed by atoms with Gasteiger partial charge >= 0.3 is 313 Å². The average Bonchev–Trinajstić information content (AvgIpc) is 3.07. The second kappa shape index (κ2) is 19.0. The topological polar surface area (TPSA) is 0 Å². The molecule has 4 radical (unpaired) electrons. The van der Waals surface area contributed by atoms with E-state index in [2.05, 4.69) is 224 Å². The molecule has 0 heterocycles. The van der Waals surface area contributed by atoms with Crippen LogP contribution in [0.25, 0.3) is 0 Å². The van der Waals surface area contributed by atoms with Gasteiger partial charge in [0, 0.05) is 0 Å². The molecule has 6 aromatic rings. The van der Waals surface area contributed by atoms with Crippen molar-refractivity contribution in [3.8, 4) is 0 Å². The van der Waals surface area contributed by atoms with Crippen molar-refractivity contribution in [3.63, 3.8) is 0 Å². The molecule has 0 atom stereocenters. The molecule has 47 heavy (non-hydrogen) atoms. The van der Waals surface area contributed by atoms with Gasteiger partial charge in [0.15, 0.2) is 0 Å². The first-order chi connectivity index (χ1) is 22.6. The molecule has 0 bridgehead atoms. The molecule has 0 nitrogen and oxygen atoms in total. The van der Waals surface area contributed by atoms with E-state index in [4.69, 9.17) is 0 Å². The summed E-state index contributed by atoms with van der Waals surface area (Å²) >= 11 is -4.14. The molecule has 6 aromatic carbocycles. The molecular weight excluding hydrogens is 885 g/mol. The van der Waals surface area contributed by atoms with E-state index < -0.39 is 39.5 Å². The van der Waals surface area contributed by atoms with Crippen LogP contribution in [0.2, 0.25) is 6.86 Å². The third-order valence-electron chi connectivity index (χ3n) is 7.12. The SMILES string of the molecule is C[C](C)(C)[Sn][C](C)(C)C.c1cc[c]([Sn]([c]2ccccc2)[c]2ccccc2)cc1.c1cc[c]([Sn]([c]2ccccc2)[c]2ccccc2)cc1. The molecule has 0 unspecified atom stereocenters. The van der Waals surface area contributed by atoms with Crippen LogP contribution in [-0.2, 0) is 0 Å². The molecule has 6 rings (SSSR count). The van der Waals surface area contributed by atoms with Crippen LogP contribution in [-0.4, -0.2) is 60.7 Å². The molecule has 0 saturated heterocycles. The molecule has 0 aliphatic heterocycles. The summed E-state index contributed by atoms with van der Waals surface area (Å²) in [6.07, 6.45) is 0. The van der Waals surface area contributed by atoms with E-state index in [1.807, 2.05) is 0 Å². The van der Waals surface area contributed by atoms with E-state index in [-0.39, 0.29) is 21.1 Å². The van der Waals surface area contributed by atoms with Crippen LogP contribution >= 0.6 is 0 Å². The zero-order chi connectivity index (χ0) is 33.5. The van der Waals surface area contributed by atoms with Crippen molar-refractivity contribution in [1.29, 1.82) is 0 Å². The second-order valence-corrected chi connectivity index (χ2v) is 37.0. The van der Waals surface area contributed by atoms with Crippen LogP contribution in [0.15, 0.2) is 182 Å². The number of rotatable bonds is 6. The first kappa shape index (κ1) is 37.5. The van der Waals surface area contributed by atoms with Crippen LogP contribution in [0.4, 0.5) is 0 Å². The van der Waals surface area contributed by atoms with Gasteiger partial charge < -0.3 is 0 Å². The summed E-state index contributed by atoms with van der Waals surface area (Å²) in [5, 5.41) is 0. The van der Waals surface area contributed by atoms with Crippen molar-refractivity contribution in [2.75, 3.05) is 0 Å². The Balaban J connectivity index is 0.000000171. The standard InChI is InChI=1S/6C6H5.2C4H9.3Sn/c6*1-2-4-6-5-3-1;2*1-4(2)3;;;/h6*1-5H;2*1-3H3;;;. The van der Waals surface area contributed by atoms with Gasteiger partial charge in [0.25, 0.3) is 0 Å². The maximum absolute atomic E-state index is 2.37. The molecule has 3 heteroatoms. The van der Waals surface area contributed by atoms with Crippen molar-refractivity contribution in [3.05, 3.63) is 182 Å². The number of benzene rings is 6. The Morgan fingerprint density at radius 2 is 0.426 bits per heavy atom. The van der Waals surface area contributed by atoms with E-state index in [9.17, 15) is 0 Å². The number of hydrogen-bond donors (Lipinski definition) is 0. The maximum atomic E-state index is 2.37. The zero-order valence-corrected chi connectivity index (χ0v) is 37.4. The summed E-state index contributed by atoms with van der Waals surface area (Å²) in [6.45, 7) is 14.2. The Hall–Kier alpha value is -2.28. The predicted molar refractivity (Wildman–Crippen MR) is 213 cm³/mol. The van der Waals surface area contributed by atoms with Gasteiger partial charge in [-0.05, 0) is 0 Å². The monoisotopic (exact) mass is 936 g/mol. The summed E-state index contributed by atoms with van der Waals surface area (Å²) in [6, 6.07) is 65.9. The van der Waals surface area contributed by atoms with Crippen LogP contribution in [0.5, 0.6) is 0 Å². The fraction of sp³-hybridized carbons (Fsp3) is 0.182. The Morgan fingerprint density at radius 1 is 0.277 bits per heavy atom. The zero-order valence-electron chi connectivity index (χ0n) is 28.8. The summed E-state index contributed by atoms with van der Waals surface area (Å²) in [7, 11) is 0. The summed E-state index contributed by atoms with van der Waals surface area (Å²) < 4.78 is 10.5. The molecular formula is C44H48Sn3. The first-order valence-electron chi connectivity index (χ1n) is 16.5. The third kappa shape index (κ3) is 13.3. The van der Waals surface area contributed by atoms with Crippen molar-refractivity contribution in [1.82, 2.24) is 0 Å². The first-order valence-corrected chi connectivity index (χ1v) is 27.9. The minimum absolute atomic E-state index is 0.182. The van der Waals surface area contributed by atoms with Crippen LogP contribution in [0, 0.1) is 0 Å². The van der Waals surface area contributed by atoms with Gasteiger partial charge in [0.05, 0.1) is 0 Å². The van der Waals surface area contributed by atoms with Gasteiger partial charge in [0.1, 0.15) is 0 Å². The Morgan fingerprint density at radius 3 is 0.532 bits per heavy atom. The van der Waals surface area contributed by atoms with Gasteiger partial charge in [-0.2, -0.15) is 0 Å². The Bertz CT molecular complexity index is 1360. The van der Waals surface area contributed by atoms with Crippen molar-refractivity contribution < 1.29 is 0 Å². The minimum atomic E-state index is -1.98. The van der Waals surface area contributed by atoms with Crippen LogP contribution in [0.1, 0.15) is 41.5 Å². The third-order valence-corrected chi connectivity index (χ3v) is 27.0. The van der Waals surface area contributed by atoms with E-state index >= 15 is 0 Å². The normalized spacial score (nSPS) is 11.2. The van der Waals surface area contributed by atoms with Gasteiger partial charge in [-0.1, -0.05) is 0 Å². The Kier molecular flexibility index (Phi) is 15.2. The predicted octanol–water partition coefficient (Wildman–Crippen LogP) is 7.53. The summed E-state index contributed by atoms with van der Waals surface area (Å²) in [5.74, 6) is 0. The fourth-order valence-corrected chi connectivity index (χ4v) is 26.9. The molecule has 0 amide bonds. The molecule has 0 aliphatic rings.